The summed E-state index contributed by atoms with van der Waals surface area (Å²) in [5.41, 5.74) is 0.944. The van der Waals surface area contributed by atoms with Gasteiger partial charge in [0.2, 0.25) is 0 Å². The van der Waals surface area contributed by atoms with E-state index in [-0.39, 0.29) is 35.1 Å². The molecular formula is C9H7NaO2. The third-order valence-electron chi connectivity index (χ3n) is 1.30. The van der Waals surface area contributed by atoms with Crippen molar-refractivity contribution in [1.82, 2.24) is 0 Å². The van der Waals surface area contributed by atoms with Gasteiger partial charge in [0, 0.05) is 5.56 Å². The third kappa shape index (κ3) is 2.71. The molecule has 1 rings (SSSR count). The zero-order valence-electron chi connectivity index (χ0n) is 5.74. The predicted octanol–water partition coefficient (Wildman–Crippen LogP) is 0.718. The number of carbonyl (C=O) groups is 1. The molecule has 0 saturated heterocycles. The molecule has 1 aromatic carbocycles. The van der Waals surface area contributed by atoms with Gasteiger partial charge in [-0.1, -0.05) is 5.92 Å². The first-order valence-electron chi connectivity index (χ1n) is 3.04. The van der Waals surface area contributed by atoms with E-state index in [9.17, 15) is 4.79 Å². The second kappa shape index (κ2) is 5.00. The van der Waals surface area contributed by atoms with E-state index >= 15 is 0 Å². The zero-order valence-corrected chi connectivity index (χ0v) is 5.74. The van der Waals surface area contributed by atoms with Crippen molar-refractivity contribution < 1.29 is 9.90 Å². The average Bonchev–Trinajstić information content (AvgIpc) is 2.05. The van der Waals surface area contributed by atoms with Gasteiger partial charge >= 0.3 is 35.5 Å². The van der Waals surface area contributed by atoms with Crippen molar-refractivity contribution in [1.29, 1.82) is 0 Å². The molecule has 3 heteroatoms. The fourth-order valence-electron chi connectivity index (χ4n) is 0.709. The molecule has 0 saturated carbocycles. The second-order valence-electron chi connectivity index (χ2n) is 2.03. The van der Waals surface area contributed by atoms with E-state index in [1.165, 1.54) is 12.1 Å². The summed E-state index contributed by atoms with van der Waals surface area (Å²) in [5, 5.41) is 8.50. The van der Waals surface area contributed by atoms with Crippen LogP contribution in [0.1, 0.15) is 15.9 Å². The molecule has 0 bridgehead atoms. The van der Waals surface area contributed by atoms with Crippen LogP contribution < -0.4 is 0 Å². The Morgan fingerprint density at radius 3 is 2.17 bits per heavy atom. The fourth-order valence-corrected chi connectivity index (χ4v) is 0.709. The van der Waals surface area contributed by atoms with Crippen molar-refractivity contribution in [3.63, 3.8) is 0 Å². The number of benzene rings is 1. The van der Waals surface area contributed by atoms with Crippen LogP contribution in [0.3, 0.4) is 0 Å². The Morgan fingerprint density at radius 2 is 1.83 bits per heavy atom. The summed E-state index contributed by atoms with van der Waals surface area (Å²) in [6, 6.07) is 6.17. The van der Waals surface area contributed by atoms with E-state index in [1.807, 2.05) is 0 Å². The molecule has 0 aliphatic rings. The SMILES string of the molecule is C#Cc1ccc(C(=O)O)cc1.[NaH]. The molecule has 1 N–H and O–H groups in total. The van der Waals surface area contributed by atoms with E-state index in [1.54, 1.807) is 12.1 Å². The van der Waals surface area contributed by atoms with Gasteiger partial charge in [-0.3, -0.25) is 0 Å². The Labute approximate surface area is 92.9 Å². The van der Waals surface area contributed by atoms with Crippen molar-refractivity contribution in [2.24, 2.45) is 0 Å². The molecule has 0 radical (unpaired) electrons. The molecule has 0 aromatic heterocycles. The van der Waals surface area contributed by atoms with E-state index in [4.69, 9.17) is 11.5 Å². The fraction of sp³-hybridized carbons (Fsp3) is 0. The standard InChI is InChI=1S/C9H6O2.Na.H/c1-2-7-3-5-8(6-4-7)9(10)11;;/h1,3-6H,(H,10,11);;. The zero-order chi connectivity index (χ0) is 8.27. The molecule has 0 unspecified atom stereocenters. The van der Waals surface area contributed by atoms with Crippen molar-refractivity contribution in [2.75, 3.05) is 0 Å². The molecule has 0 aliphatic carbocycles. The van der Waals surface area contributed by atoms with Gasteiger partial charge in [-0.25, -0.2) is 4.79 Å². The molecule has 12 heavy (non-hydrogen) atoms. The normalized spacial score (nSPS) is 7.92. The summed E-state index contributed by atoms with van der Waals surface area (Å²) in [7, 11) is 0. The Morgan fingerprint density at radius 1 is 1.33 bits per heavy atom. The maximum atomic E-state index is 10.3. The van der Waals surface area contributed by atoms with Crippen LogP contribution in [0.5, 0.6) is 0 Å². The minimum absolute atomic E-state index is 0. The number of hydrogen-bond donors (Lipinski definition) is 1. The molecule has 2 nitrogen and oxygen atoms in total. The third-order valence-corrected chi connectivity index (χ3v) is 1.30. The second-order valence-corrected chi connectivity index (χ2v) is 2.03. The van der Waals surface area contributed by atoms with Gasteiger partial charge < -0.3 is 5.11 Å². The molecule has 0 spiro atoms. The number of terminal acetylenes is 1. The van der Waals surface area contributed by atoms with Crippen LogP contribution in [-0.4, -0.2) is 40.6 Å². The number of carboxylic acid groups (broad SMARTS) is 1. The monoisotopic (exact) mass is 170 g/mol. The van der Waals surface area contributed by atoms with Crippen LogP contribution >= 0.6 is 0 Å². The van der Waals surface area contributed by atoms with Crippen molar-refractivity contribution in [2.45, 2.75) is 0 Å². The van der Waals surface area contributed by atoms with E-state index in [0.29, 0.717) is 5.56 Å². The summed E-state index contributed by atoms with van der Waals surface area (Å²) in [5.74, 6) is 1.46. The van der Waals surface area contributed by atoms with Gasteiger partial charge in [0.25, 0.3) is 0 Å². The van der Waals surface area contributed by atoms with Gasteiger partial charge in [-0.05, 0) is 24.3 Å². The first-order chi connectivity index (χ1) is 5.24. The number of aromatic carboxylic acids is 1. The Kier molecular flexibility index (Phi) is 4.68. The van der Waals surface area contributed by atoms with E-state index in [0.717, 1.165) is 0 Å². The van der Waals surface area contributed by atoms with E-state index < -0.39 is 5.97 Å². The van der Waals surface area contributed by atoms with Crippen LogP contribution in [-0.2, 0) is 0 Å². The summed E-state index contributed by atoms with van der Waals surface area (Å²) in [4.78, 5) is 10.3. The van der Waals surface area contributed by atoms with Gasteiger partial charge in [0.15, 0.2) is 0 Å². The average molecular weight is 170 g/mol. The quantitative estimate of drug-likeness (QED) is 0.498. The summed E-state index contributed by atoms with van der Waals surface area (Å²) < 4.78 is 0. The summed E-state index contributed by atoms with van der Waals surface area (Å²) >= 11 is 0. The van der Waals surface area contributed by atoms with Crippen LogP contribution in [0.15, 0.2) is 24.3 Å². The van der Waals surface area contributed by atoms with Crippen LogP contribution in [0.2, 0.25) is 0 Å². The first-order valence-corrected chi connectivity index (χ1v) is 3.04. The van der Waals surface area contributed by atoms with E-state index in [2.05, 4.69) is 5.92 Å². The van der Waals surface area contributed by atoms with Crippen LogP contribution in [0.4, 0.5) is 0 Å². The Bertz CT molecular complexity index is 308. The van der Waals surface area contributed by atoms with Gasteiger partial charge in [-0.2, -0.15) is 0 Å². The molecule has 0 atom stereocenters. The Hall–Kier alpha value is -0.750. The first kappa shape index (κ1) is 11.2. The maximum absolute atomic E-state index is 10.3. The molecule has 56 valence electrons. The Balaban J connectivity index is 0.00000121. The number of carboxylic acids is 1. The molecule has 0 heterocycles. The van der Waals surface area contributed by atoms with Crippen LogP contribution in [0.25, 0.3) is 0 Å². The molecule has 0 aliphatic heterocycles. The van der Waals surface area contributed by atoms with Crippen molar-refractivity contribution >= 4 is 35.5 Å². The van der Waals surface area contributed by atoms with Gasteiger partial charge in [0.05, 0.1) is 5.56 Å². The molecule has 1 aromatic rings. The molecule has 0 amide bonds. The molecular weight excluding hydrogens is 163 g/mol. The minimum atomic E-state index is -0.937. The number of hydrogen-bond acceptors (Lipinski definition) is 1. The van der Waals surface area contributed by atoms with Gasteiger partial charge in [-0.15, -0.1) is 6.42 Å². The van der Waals surface area contributed by atoms with Gasteiger partial charge in [0.1, 0.15) is 0 Å². The summed E-state index contributed by atoms with van der Waals surface area (Å²) in [6.45, 7) is 0. The van der Waals surface area contributed by atoms with Crippen LogP contribution in [0, 0.1) is 12.3 Å². The topological polar surface area (TPSA) is 37.3 Å². The van der Waals surface area contributed by atoms with Crippen molar-refractivity contribution in [3.05, 3.63) is 35.4 Å². The predicted molar refractivity (Wildman–Crippen MR) is 48.5 cm³/mol. The van der Waals surface area contributed by atoms with Crippen molar-refractivity contribution in [3.8, 4) is 12.3 Å². The molecule has 0 fully saturated rings. The summed E-state index contributed by atoms with van der Waals surface area (Å²) in [6.07, 6.45) is 5.08. The number of rotatable bonds is 1.